The summed E-state index contributed by atoms with van der Waals surface area (Å²) in [5, 5.41) is 13.1. The van der Waals surface area contributed by atoms with Crippen LogP contribution in [0.25, 0.3) is 5.69 Å². The Morgan fingerprint density at radius 3 is 2.56 bits per heavy atom. The highest BCUT2D eigenvalue weighted by Gasteiger charge is 2.23. The third-order valence-electron chi connectivity index (χ3n) is 7.80. The number of amides is 3. The number of likely N-dealkylation sites (tertiary alicyclic amines) is 1. The molecule has 0 saturated carbocycles. The highest BCUT2D eigenvalue weighted by molar-refractivity contribution is 5.99. The van der Waals surface area contributed by atoms with Crippen LogP contribution in [0.5, 0.6) is 11.5 Å². The van der Waals surface area contributed by atoms with E-state index in [2.05, 4.69) is 32.9 Å². The standard InChI is InChI=1S/C34H40FN7O3/c1-22-18-27(14-16-36-22)45-26-11-12-29(28(35)20-26)38-33(44)39-31-21-30(34(2,3)4)40-42(31)25-9-6-8-23(19-25)32(43)37-15-13-24-10-7-17-41(24)5/h6,8-9,11-12,14,16,18-21,24H,7,10,13,15,17H2,1-5H3,(H,37,43)(H2,38,39,44). The molecular formula is C34H40FN7O3. The van der Waals surface area contributed by atoms with Gasteiger partial charge in [0.05, 0.1) is 17.1 Å². The molecule has 0 bridgehead atoms. The molecule has 0 radical (unpaired) electrons. The van der Waals surface area contributed by atoms with E-state index in [0.29, 0.717) is 35.4 Å². The number of rotatable bonds is 9. The predicted molar refractivity (Wildman–Crippen MR) is 173 cm³/mol. The molecule has 1 atom stereocenters. The third kappa shape index (κ3) is 8.04. The smallest absolute Gasteiger partial charge is 0.324 e. The molecule has 11 heteroatoms. The zero-order valence-corrected chi connectivity index (χ0v) is 26.4. The first-order chi connectivity index (χ1) is 21.5. The van der Waals surface area contributed by atoms with Crippen molar-refractivity contribution in [3.05, 3.63) is 89.6 Å². The Hall–Kier alpha value is -4.77. The number of benzene rings is 2. The fourth-order valence-corrected chi connectivity index (χ4v) is 5.26. The maximum Gasteiger partial charge on any atom is 0.324 e. The molecule has 1 unspecified atom stereocenters. The van der Waals surface area contributed by atoms with Crippen LogP contribution in [0, 0.1) is 12.7 Å². The first-order valence-corrected chi connectivity index (χ1v) is 15.1. The molecule has 1 fully saturated rings. The van der Waals surface area contributed by atoms with Crippen LogP contribution in [0.2, 0.25) is 0 Å². The van der Waals surface area contributed by atoms with Crippen molar-refractivity contribution < 1.29 is 18.7 Å². The summed E-state index contributed by atoms with van der Waals surface area (Å²) in [7, 11) is 2.12. The number of nitrogens with one attached hydrogen (secondary N) is 3. The molecule has 0 spiro atoms. The highest BCUT2D eigenvalue weighted by Crippen LogP contribution is 2.28. The summed E-state index contributed by atoms with van der Waals surface area (Å²) in [5.41, 5.74) is 2.25. The lowest BCUT2D eigenvalue weighted by molar-refractivity contribution is 0.0950. The van der Waals surface area contributed by atoms with E-state index in [1.165, 1.54) is 18.6 Å². The molecule has 4 aromatic rings. The minimum absolute atomic E-state index is 0.0182. The van der Waals surface area contributed by atoms with E-state index in [-0.39, 0.29) is 22.8 Å². The number of pyridine rings is 1. The van der Waals surface area contributed by atoms with Gasteiger partial charge in [-0.15, -0.1) is 0 Å². The predicted octanol–water partition coefficient (Wildman–Crippen LogP) is 6.66. The van der Waals surface area contributed by atoms with Gasteiger partial charge in [-0.25, -0.2) is 13.9 Å². The average Bonchev–Trinajstić information content (AvgIpc) is 3.60. The second-order valence-electron chi connectivity index (χ2n) is 12.4. The summed E-state index contributed by atoms with van der Waals surface area (Å²) in [5.74, 6) is 0.353. The van der Waals surface area contributed by atoms with Gasteiger partial charge >= 0.3 is 6.03 Å². The van der Waals surface area contributed by atoms with Crippen molar-refractivity contribution in [3.63, 3.8) is 0 Å². The number of anilines is 2. The molecule has 1 aliphatic heterocycles. The summed E-state index contributed by atoms with van der Waals surface area (Å²) >= 11 is 0. The minimum Gasteiger partial charge on any atom is -0.457 e. The van der Waals surface area contributed by atoms with Gasteiger partial charge in [0.15, 0.2) is 0 Å². The Kier molecular flexibility index (Phi) is 9.48. The molecule has 2 aromatic heterocycles. The molecule has 1 aliphatic rings. The van der Waals surface area contributed by atoms with Crippen LogP contribution in [-0.2, 0) is 5.41 Å². The number of carbonyl (C=O) groups is 2. The second-order valence-corrected chi connectivity index (χ2v) is 12.4. The van der Waals surface area contributed by atoms with Crippen molar-refractivity contribution in [2.45, 2.75) is 58.4 Å². The summed E-state index contributed by atoms with van der Waals surface area (Å²) in [4.78, 5) is 32.5. The number of aryl methyl sites for hydroxylation is 1. The highest BCUT2D eigenvalue weighted by atomic mass is 19.1. The van der Waals surface area contributed by atoms with E-state index >= 15 is 0 Å². The molecule has 45 heavy (non-hydrogen) atoms. The van der Waals surface area contributed by atoms with Crippen LogP contribution < -0.4 is 20.7 Å². The monoisotopic (exact) mass is 613 g/mol. The van der Waals surface area contributed by atoms with Crippen LogP contribution in [0.1, 0.15) is 61.8 Å². The third-order valence-corrected chi connectivity index (χ3v) is 7.80. The maximum atomic E-state index is 15.0. The van der Waals surface area contributed by atoms with E-state index < -0.39 is 11.8 Å². The molecule has 1 saturated heterocycles. The zero-order valence-electron chi connectivity index (χ0n) is 26.4. The average molecular weight is 614 g/mol. The van der Waals surface area contributed by atoms with Gasteiger partial charge in [-0.2, -0.15) is 5.10 Å². The normalized spacial score (nSPS) is 15.1. The van der Waals surface area contributed by atoms with E-state index in [1.54, 1.807) is 53.3 Å². The van der Waals surface area contributed by atoms with Crippen LogP contribution in [0.4, 0.5) is 20.7 Å². The quantitative estimate of drug-likeness (QED) is 0.195. The number of hydrogen-bond donors (Lipinski definition) is 3. The number of urea groups is 1. The van der Waals surface area contributed by atoms with Crippen LogP contribution in [0.15, 0.2) is 66.9 Å². The van der Waals surface area contributed by atoms with E-state index in [4.69, 9.17) is 9.84 Å². The summed E-state index contributed by atoms with van der Waals surface area (Å²) in [6, 6.07) is 16.3. The van der Waals surface area contributed by atoms with E-state index in [1.807, 2.05) is 33.8 Å². The van der Waals surface area contributed by atoms with Crippen molar-refractivity contribution in [1.29, 1.82) is 0 Å². The molecule has 5 rings (SSSR count). The molecule has 3 heterocycles. The van der Waals surface area contributed by atoms with E-state index in [0.717, 1.165) is 30.8 Å². The molecule has 2 aromatic carbocycles. The molecular weight excluding hydrogens is 573 g/mol. The number of carbonyl (C=O) groups excluding carboxylic acids is 2. The Morgan fingerprint density at radius 2 is 1.84 bits per heavy atom. The Morgan fingerprint density at radius 1 is 1.04 bits per heavy atom. The number of hydrogen-bond acceptors (Lipinski definition) is 6. The topological polar surface area (TPSA) is 113 Å². The molecule has 10 nitrogen and oxygen atoms in total. The number of halogens is 1. The van der Waals surface area contributed by atoms with Gasteiger partial charge in [0, 0.05) is 53.7 Å². The Balaban J connectivity index is 1.29. The van der Waals surface area contributed by atoms with Gasteiger partial charge in [0.1, 0.15) is 23.1 Å². The van der Waals surface area contributed by atoms with Gasteiger partial charge in [0.2, 0.25) is 0 Å². The molecule has 236 valence electrons. The summed E-state index contributed by atoms with van der Waals surface area (Å²) < 4.78 is 22.3. The first-order valence-electron chi connectivity index (χ1n) is 15.1. The summed E-state index contributed by atoms with van der Waals surface area (Å²) in [6.07, 6.45) is 4.85. The van der Waals surface area contributed by atoms with Crippen molar-refractivity contribution >= 4 is 23.4 Å². The van der Waals surface area contributed by atoms with Gasteiger partial charge in [-0.3, -0.25) is 15.1 Å². The number of nitrogens with zero attached hydrogens (tertiary/aromatic N) is 4. The van der Waals surface area contributed by atoms with Crippen LogP contribution in [-0.4, -0.2) is 57.8 Å². The lowest BCUT2D eigenvalue weighted by Crippen LogP contribution is -2.31. The first kappa shape index (κ1) is 31.6. The van der Waals surface area contributed by atoms with Crippen LogP contribution >= 0.6 is 0 Å². The lowest BCUT2D eigenvalue weighted by Gasteiger charge is -2.19. The Bertz CT molecular complexity index is 1680. The summed E-state index contributed by atoms with van der Waals surface area (Å²) in [6.45, 7) is 9.57. The SMILES string of the molecule is Cc1cc(Oc2ccc(NC(=O)Nc3cc(C(C)(C)C)nn3-c3cccc(C(=O)NCCC4CCCN4C)c3)c(F)c2)ccn1. The fourth-order valence-electron chi connectivity index (χ4n) is 5.26. The van der Waals surface area contributed by atoms with Gasteiger partial charge in [-0.05, 0) is 76.2 Å². The fraction of sp³-hybridized carbons (Fsp3) is 0.353. The minimum atomic E-state index is -0.657. The molecule has 0 aliphatic carbocycles. The van der Waals surface area contributed by atoms with Crippen molar-refractivity contribution in [1.82, 2.24) is 25.0 Å². The maximum absolute atomic E-state index is 15.0. The van der Waals surface area contributed by atoms with Crippen molar-refractivity contribution in [3.8, 4) is 17.2 Å². The van der Waals surface area contributed by atoms with Crippen LogP contribution in [0.3, 0.4) is 0 Å². The Labute approximate surface area is 263 Å². The zero-order chi connectivity index (χ0) is 32.1. The number of ether oxygens (including phenoxy) is 1. The lowest BCUT2D eigenvalue weighted by atomic mass is 9.92. The van der Waals surface area contributed by atoms with Gasteiger partial charge in [-0.1, -0.05) is 26.8 Å². The number of aromatic nitrogens is 3. The van der Waals surface area contributed by atoms with Gasteiger partial charge in [0.25, 0.3) is 5.91 Å². The second kappa shape index (κ2) is 13.5. The molecule has 3 amide bonds. The molecule has 3 N–H and O–H groups in total. The van der Waals surface area contributed by atoms with Crippen molar-refractivity contribution in [2.24, 2.45) is 0 Å². The van der Waals surface area contributed by atoms with E-state index in [9.17, 15) is 14.0 Å². The largest absolute Gasteiger partial charge is 0.457 e. The van der Waals surface area contributed by atoms with Crippen molar-refractivity contribution in [2.75, 3.05) is 30.8 Å². The van der Waals surface area contributed by atoms with Gasteiger partial charge < -0.3 is 20.3 Å².